The quantitative estimate of drug-likeness (QED) is 0.689. The van der Waals surface area contributed by atoms with Crippen LogP contribution in [0, 0.1) is 23.7 Å². The highest BCUT2D eigenvalue weighted by Gasteiger charge is 2.65. The molecule has 3 saturated carbocycles. The third-order valence-electron chi connectivity index (χ3n) is 5.17. The summed E-state index contributed by atoms with van der Waals surface area (Å²) in [4.78, 5) is 11.8. The molecule has 96 valence electrons. The van der Waals surface area contributed by atoms with Gasteiger partial charge >= 0.3 is 0 Å². The molecular formula is C14H24N2O. The molecule has 3 fully saturated rings. The minimum atomic E-state index is 0.279. The fourth-order valence-electron chi connectivity index (χ4n) is 4.38. The Hall–Kier alpha value is -0.570. The van der Waals surface area contributed by atoms with Crippen LogP contribution >= 0.6 is 0 Å². The second-order valence-electron chi connectivity index (χ2n) is 6.18. The third kappa shape index (κ3) is 2.10. The van der Waals surface area contributed by atoms with Crippen LogP contribution in [0.4, 0.5) is 0 Å². The molecule has 3 heteroatoms. The van der Waals surface area contributed by atoms with Crippen molar-refractivity contribution in [1.29, 1.82) is 0 Å². The molecule has 3 aliphatic carbocycles. The Morgan fingerprint density at radius 3 is 2.47 bits per heavy atom. The lowest BCUT2D eigenvalue weighted by atomic mass is 10.0. The zero-order valence-electron chi connectivity index (χ0n) is 10.5. The second-order valence-corrected chi connectivity index (χ2v) is 6.18. The first-order valence-corrected chi connectivity index (χ1v) is 7.30. The fourth-order valence-corrected chi connectivity index (χ4v) is 4.38. The highest BCUT2D eigenvalue weighted by molar-refractivity contribution is 5.76. The number of unbranched alkanes of at least 4 members (excludes halogenated alkanes) is 2. The summed E-state index contributed by atoms with van der Waals surface area (Å²) in [6, 6.07) is 0.559. The van der Waals surface area contributed by atoms with E-state index < -0.39 is 0 Å². The van der Waals surface area contributed by atoms with Crippen LogP contribution in [-0.2, 0) is 4.79 Å². The third-order valence-corrected chi connectivity index (χ3v) is 5.17. The molecule has 4 atom stereocenters. The second kappa shape index (κ2) is 4.60. The number of amides is 1. The van der Waals surface area contributed by atoms with Crippen molar-refractivity contribution in [3.63, 3.8) is 0 Å². The van der Waals surface area contributed by atoms with Gasteiger partial charge in [-0.3, -0.25) is 4.79 Å². The zero-order chi connectivity index (χ0) is 11.8. The lowest BCUT2D eigenvalue weighted by Gasteiger charge is -2.10. The molecule has 0 radical (unpaired) electrons. The largest absolute Gasteiger partial charge is 0.353 e. The van der Waals surface area contributed by atoms with Gasteiger partial charge < -0.3 is 11.1 Å². The lowest BCUT2D eigenvalue weighted by Crippen LogP contribution is -2.29. The molecule has 0 aliphatic heterocycles. The van der Waals surface area contributed by atoms with Gasteiger partial charge in [0.15, 0.2) is 0 Å². The van der Waals surface area contributed by atoms with E-state index in [-0.39, 0.29) is 5.91 Å². The van der Waals surface area contributed by atoms with Gasteiger partial charge in [-0.15, -0.1) is 0 Å². The van der Waals surface area contributed by atoms with Crippen molar-refractivity contribution >= 4 is 5.91 Å². The molecule has 0 aromatic heterocycles. The smallest absolute Gasteiger partial charge is 0.220 e. The van der Waals surface area contributed by atoms with Crippen LogP contribution < -0.4 is 11.1 Å². The Balaban J connectivity index is 1.37. The molecule has 0 aromatic carbocycles. The van der Waals surface area contributed by atoms with Gasteiger partial charge in [-0.25, -0.2) is 0 Å². The number of hydrogen-bond acceptors (Lipinski definition) is 2. The SMILES string of the molecule is NCCCCCC(=O)NC1C2C3CCC(C3)C12. The molecule has 3 rings (SSSR count). The number of carbonyl (C=O) groups is 1. The normalized spacial score (nSPS) is 41.4. The summed E-state index contributed by atoms with van der Waals surface area (Å²) >= 11 is 0. The van der Waals surface area contributed by atoms with Crippen molar-refractivity contribution in [2.24, 2.45) is 29.4 Å². The van der Waals surface area contributed by atoms with Crippen LogP contribution in [0.2, 0.25) is 0 Å². The van der Waals surface area contributed by atoms with Gasteiger partial charge in [0, 0.05) is 12.5 Å². The van der Waals surface area contributed by atoms with Crippen LogP contribution in [0.3, 0.4) is 0 Å². The lowest BCUT2D eigenvalue weighted by molar-refractivity contribution is -0.121. The van der Waals surface area contributed by atoms with Gasteiger partial charge in [0.25, 0.3) is 0 Å². The maximum atomic E-state index is 11.8. The Morgan fingerprint density at radius 2 is 1.82 bits per heavy atom. The minimum Gasteiger partial charge on any atom is -0.353 e. The molecular weight excluding hydrogens is 212 g/mol. The van der Waals surface area contributed by atoms with Crippen LogP contribution in [0.5, 0.6) is 0 Å². The number of fused-ring (bicyclic) bond motifs is 5. The van der Waals surface area contributed by atoms with E-state index >= 15 is 0 Å². The van der Waals surface area contributed by atoms with Gasteiger partial charge in [0.05, 0.1) is 0 Å². The first kappa shape index (κ1) is 11.5. The summed E-state index contributed by atoms with van der Waals surface area (Å²) in [6.07, 6.45) is 8.14. The van der Waals surface area contributed by atoms with E-state index in [1.165, 1.54) is 19.3 Å². The van der Waals surface area contributed by atoms with Crippen molar-refractivity contribution in [2.75, 3.05) is 6.54 Å². The van der Waals surface area contributed by atoms with Crippen molar-refractivity contribution in [1.82, 2.24) is 5.32 Å². The van der Waals surface area contributed by atoms with E-state index in [0.717, 1.165) is 49.5 Å². The van der Waals surface area contributed by atoms with E-state index in [1.54, 1.807) is 0 Å². The van der Waals surface area contributed by atoms with Crippen LogP contribution in [0.25, 0.3) is 0 Å². The van der Waals surface area contributed by atoms with Gasteiger partial charge in [0.1, 0.15) is 0 Å². The standard InChI is InChI=1S/C14H24N2O/c15-7-3-1-2-4-11(17)16-14-12-9-5-6-10(8-9)13(12)14/h9-10,12-14H,1-8,15H2,(H,16,17). The van der Waals surface area contributed by atoms with Gasteiger partial charge in [0.2, 0.25) is 5.91 Å². The Labute approximate surface area is 104 Å². The Morgan fingerprint density at radius 1 is 1.12 bits per heavy atom. The highest BCUT2D eigenvalue weighted by atomic mass is 16.1. The van der Waals surface area contributed by atoms with Gasteiger partial charge in [-0.05, 0) is 62.3 Å². The van der Waals surface area contributed by atoms with E-state index in [1.807, 2.05) is 0 Å². The molecule has 3 aliphatic rings. The maximum Gasteiger partial charge on any atom is 0.220 e. The zero-order valence-corrected chi connectivity index (χ0v) is 10.5. The van der Waals surface area contributed by atoms with E-state index in [2.05, 4.69) is 5.32 Å². The van der Waals surface area contributed by atoms with Crippen molar-refractivity contribution in [2.45, 2.75) is 51.0 Å². The number of rotatable bonds is 6. The summed E-state index contributed by atoms with van der Waals surface area (Å²) < 4.78 is 0. The molecule has 3 nitrogen and oxygen atoms in total. The molecule has 0 saturated heterocycles. The minimum absolute atomic E-state index is 0.279. The summed E-state index contributed by atoms with van der Waals surface area (Å²) in [5.41, 5.74) is 5.44. The molecule has 4 unspecified atom stereocenters. The first-order valence-electron chi connectivity index (χ1n) is 7.30. The number of nitrogens with one attached hydrogen (secondary N) is 1. The van der Waals surface area contributed by atoms with E-state index in [9.17, 15) is 4.79 Å². The summed E-state index contributed by atoms with van der Waals surface area (Å²) in [6.45, 7) is 0.748. The van der Waals surface area contributed by atoms with Crippen LogP contribution in [0.15, 0.2) is 0 Å². The highest BCUT2D eigenvalue weighted by Crippen LogP contribution is 2.65. The van der Waals surface area contributed by atoms with E-state index in [4.69, 9.17) is 5.73 Å². The first-order chi connectivity index (χ1) is 8.31. The molecule has 0 aromatic rings. The van der Waals surface area contributed by atoms with Crippen molar-refractivity contribution in [3.05, 3.63) is 0 Å². The number of carbonyl (C=O) groups excluding carboxylic acids is 1. The van der Waals surface area contributed by atoms with Crippen molar-refractivity contribution in [3.8, 4) is 0 Å². The van der Waals surface area contributed by atoms with E-state index in [0.29, 0.717) is 12.5 Å². The molecule has 0 spiro atoms. The molecule has 0 heterocycles. The molecule has 2 bridgehead atoms. The maximum absolute atomic E-state index is 11.8. The fraction of sp³-hybridized carbons (Fsp3) is 0.929. The summed E-state index contributed by atoms with van der Waals surface area (Å²) in [7, 11) is 0. The van der Waals surface area contributed by atoms with Crippen LogP contribution in [0.1, 0.15) is 44.9 Å². The average molecular weight is 236 g/mol. The summed E-state index contributed by atoms with van der Waals surface area (Å²) in [5.74, 6) is 3.91. The van der Waals surface area contributed by atoms with Crippen molar-refractivity contribution < 1.29 is 4.79 Å². The average Bonchev–Trinajstić information content (AvgIpc) is 2.74. The topological polar surface area (TPSA) is 55.1 Å². The number of hydrogen-bond donors (Lipinski definition) is 2. The molecule has 17 heavy (non-hydrogen) atoms. The molecule has 3 N–H and O–H groups in total. The van der Waals surface area contributed by atoms with Gasteiger partial charge in [-0.2, -0.15) is 0 Å². The monoisotopic (exact) mass is 236 g/mol. The Kier molecular flexibility index (Phi) is 3.12. The Bertz CT molecular complexity index is 289. The summed E-state index contributed by atoms with van der Waals surface area (Å²) in [5, 5.41) is 3.26. The van der Waals surface area contributed by atoms with Crippen LogP contribution in [-0.4, -0.2) is 18.5 Å². The molecule has 1 amide bonds. The predicted molar refractivity (Wildman–Crippen MR) is 67.3 cm³/mol. The predicted octanol–water partition coefficient (Wildman–Crippen LogP) is 1.67. The number of nitrogens with two attached hydrogens (primary N) is 1. The van der Waals surface area contributed by atoms with Gasteiger partial charge in [-0.1, -0.05) is 6.42 Å².